The van der Waals surface area contributed by atoms with Crippen LogP contribution in [0, 0.1) is 0 Å². The number of alkyl carbamates (subject to hydrolysis) is 1. The maximum atomic E-state index is 12.0. The summed E-state index contributed by atoms with van der Waals surface area (Å²) in [5.41, 5.74) is -1.20. The molecule has 1 heterocycles. The zero-order chi connectivity index (χ0) is 15.9. The lowest BCUT2D eigenvalue weighted by Crippen LogP contribution is -2.52. The Bertz CT molecular complexity index is 391. The Morgan fingerprint density at radius 2 is 1.90 bits per heavy atom. The van der Waals surface area contributed by atoms with Crippen LogP contribution in [0.15, 0.2) is 12.2 Å². The fourth-order valence-electron chi connectivity index (χ4n) is 1.99. The van der Waals surface area contributed by atoms with Gasteiger partial charge in [0.15, 0.2) is 0 Å². The first-order chi connectivity index (χ1) is 9.76. The normalized spacial score (nSPS) is 18.3. The molecule has 1 aliphatic rings. The van der Waals surface area contributed by atoms with E-state index in [-0.39, 0.29) is 0 Å². The standard InChI is InChI=1S/C15H25NO5/c1-5-20-12(17)6-7-15(8-10-19-11-9-15)16-13(18)21-14(2,3)4/h6-7H,5,8-11H2,1-4H3,(H,16,18). The fourth-order valence-corrected chi connectivity index (χ4v) is 1.99. The second-order valence-corrected chi connectivity index (χ2v) is 5.98. The van der Waals surface area contributed by atoms with E-state index in [0.29, 0.717) is 32.7 Å². The summed E-state index contributed by atoms with van der Waals surface area (Å²) in [6.07, 6.45) is 3.70. The monoisotopic (exact) mass is 299 g/mol. The molecule has 0 bridgehead atoms. The number of amides is 1. The molecular weight excluding hydrogens is 274 g/mol. The molecule has 0 saturated carbocycles. The highest BCUT2D eigenvalue weighted by Gasteiger charge is 2.33. The lowest BCUT2D eigenvalue weighted by molar-refractivity contribution is -0.137. The van der Waals surface area contributed by atoms with E-state index < -0.39 is 23.2 Å². The van der Waals surface area contributed by atoms with Crippen LogP contribution in [0.3, 0.4) is 0 Å². The van der Waals surface area contributed by atoms with Crippen molar-refractivity contribution in [2.24, 2.45) is 0 Å². The lowest BCUT2D eigenvalue weighted by atomic mass is 9.89. The van der Waals surface area contributed by atoms with Crippen LogP contribution in [0.25, 0.3) is 0 Å². The quantitative estimate of drug-likeness (QED) is 0.636. The minimum absolute atomic E-state index is 0.318. The van der Waals surface area contributed by atoms with Crippen molar-refractivity contribution in [3.63, 3.8) is 0 Å². The zero-order valence-corrected chi connectivity index (χ0v) is 13.2. The lowest BCUT2D eigenvalue weighted by Gasteiger charge is -2.35. The topological polar surface area (TPSA) is 73.9 Å². The third-order valence-corrected chi connectivity index (χ3v) is 2.96. The van der Waals surface area contributed by atoms with E-state index in [2.05, 4.69) is 5.32 Å². The zero-order valence-electron chi connectivity index (χ0n) is 13.2. The van der Waals surface area contributed by atoms with E-state index in [1.54, 1.807) is 33.8 Å². The first kappa shape index (κ1) is 17.5. The molecule has 0 aliphatic carbocycles. The molecular formula is C15H25NO5. The third kappa shape index (κ3) is 6.62. The van der Waals surface area contributed by atoms with Crippen LogP contribution in [0.2, 0.25) is 0 Å². The minimum Gasteiger partial charge on any atom is -0.463 e. The number of carbonyl (C=O) groups is 2. The molecule has 1 fully saturated rings. The summed E-state index contributed by atoms with van der Waals surface area (Å²) in [4.78, 5) is 23.4. The second kappa shape index (κ2) is 7.45. The maximum Gasteiger partial charge on any atom is 0.408 e. The summed E-state index contributed by atoms with van der Waals surface area (Å²) in [6, 6.07) is 0. The summed E-state index contributed by atoms with van der Waals surface area (Å²) in [5.74, 6) is -0.422. The minimum atomic E-state index is -0.632. The van der Waals surface area contributed by atoms with Gasteiger partial charge in [0.25, 0.3) is 0 Å². The van der Waals surface area contributed by atoms with Crippen LogP contribution in [0.5, 0.6) is 0 Å². The van der Waals surface area contributed by atoms with E-state index in [0.717, 1.165) is 0 Å². The fraction of sp³-hybridized carbons (Fsp3) is 0.733. The van der Waals surface area contributed by atoms with Crippen LogP contribution in [-0.2, 0) is 19.0 Å². The van der Waals surface area contributed by atoms with Gasteiger partial charge in [-0.15, -0.1) is 0 Å². The highest BCUT2D eigenvalue weighted by atomic mass is 16.6. The average Bonchev–Trinajstić information content (AvgIpc) is 2.35. The maximum absolute atomic E-state index is 12.0. The molecule has 0 radical (unpaired) electrons. The molecule has 0 aromatic heterocycles. The van der Waals surface area contributed by atoms with E-state index in [1.807, 2.05) is 0 Å². The van der Waals surface area contributed by atoms with Gasteiger partial charge in [-0.25, -0.2) is 9.59 Å². The molecule has 6 heteroatoms. The van der Waals surface area contributed by atoms with Gasteiger partial charge in [0.1, 0.15) is 5.60 Å². The Morgan fingerprint density at radius 3 is 2.43 bits per heavy atom. The van der Waals surface area contributed by atoms with Crippen molar-refractivity contribution < 1.29 is 23.8 Å². The van der Waals surface area contributed by atoms with E-state index in [9.17, 15) is 9.59 Å². The van der Waals surface area contributed by atoms with Gasteiger partial charge in [-0.2, -0.15) is 0 Å². The summed E-state index contributed by atoms with van der Waals surface area (Å²) in [7, 11) is 0. The van der Waals surface area contributed by atoms with Gasteiger partial charge in [0.2, 0.25) is 0 Å². The van der Waals surface area contributed by atoms with Gasteiger partial charge in [0.05, 0.1) is 12.1 Å². The summed E-state index contributed by atoms with van der Waals surface area (Å²) >= 11 is 0. The summed E-state index contributed by atoms with van der Waals surface area (Å²) in [5, 5.41) is 2.85. The number of rotatable bonds is 4. The van der Waals surface area contributed by atoms with Crippen molar-refractivity contribution in [1.29, 1.82) is 0 Å². The number of hydrogen-bond acceptors (Lipinski definition) is 5. The number of esters is 1. The SMILES string of the molecule is CCOC(=O)C=CC1(NC(=O)OC(C)(C)C)CCOCC1. The Kier molecular flexibility index (Phi) is 6.20. The van der Waals surface area contributed by atoms with Gasteiger partial charge in [-0.05, 0) is 40.5 Å². The Hall–Kier alpha value is -1.56. The molecule has 0 atom stereocenters. The van der Waals surface area contributed by atoms with Gasteiger partial charge < -0.3 is 19.5 Å². The largest absolute Gasteiger partial charge is 0.463 e. The van der Waals surface area contributed by atoms with E-state index in [1.165, 1.54) is 6.08 Å². The highest BCUT2D eigenvalue weighted by molar-refractivity contribution is 5.82. The molecule has 1 amide bonds. The molecule has 0 aromatic rings. The first-order valence-corrected chi connectivity index (χ1v) is 7.21. The Morgan fingerprint density at radius 1 is 1.29 bits per heavy atom. The molecule has 1 aliphatic heterocycles. The molecule has 6 nitrogen and oxygen atoms in total. The van der Waals surface area contributed by atoms with Crippen LogP contribution >= 0.6 is 0 Å². The highest BCUT2D eigenvalue weighted by Crippen LogP contribution is 2.23. The van der Waals surface area contributed by atoms with Gasteiger partial charge in [-0.3, -0.25) is 0 Å². The van der Waals surface area contributed by atoms with Crippen molar-refractivity contribution in [1.82, 2.24) is 5.32 Å². The summed E-state index contributed by atoms with van der Waals surface area (Å²) < 4.78 is 15.5. The molecule has 120 valence electrons. The molecule has 21 heavy (non-hydrogen) atoms. The van der Waals surface area contributed by atoms with Crippen molar-refractivity contribution in [3.05, 3.63) is 12.2 Å². The number of ether oxygens (including phenoxy) is 3. The van der Waals surface area contributed by atoms with Crippen LogP contribution < -0.4 is 5.32 Å². The van der Waals surface area contributed by atoms with Crippen molar-refractivity contribution in [3.8, 4) is 0 Å². The average molecular weight is 299 g/mol. The van der Waals surface area contributed by atoms with Crippen molar-refractivity contribution in [2.45, 2.75) is 51.7 Å². The van der Waals surface area contributed by atoms with Crippen molar-refractivity contribution in [2.75, 3.05) is 19.8 Å². The Balaban J connectivity index is 2.74. The third-order valence-electron chi connectivity index (χ3n) is 2.96. The molecule has 0 spiro atoms. The number of nitrogens with one attached hydrogen (secondary N) is 1. The van der Waals surface area contributed by atoms with Crippen LogP contribution in [0.4, 0.5) is 4.79 Å². The molecule has 1 saturated heterocycles. The van der Waals surface area contributed by atoms with Crippen LogP contribution in [-0.4, -0.2) is 43.0 Å². The number of hydrogen-bond donors (Lipinski definition) is 1. The molecule has 1 N–H and O–H groups in total. The number of carbonyl (C=O) groups excluding carboxylic acids is 2. The van der Waals surface area contributed by atoms with Crippen LogP contribution in [0.1, 0.15) is 40.5 Å². The molecule has 0 aromatic carbocycles. The smallest absolute Gasteiger partial charge is 0.408 e. The van der Waals surface area contributed by atoms with E-state index in [4.69, 9.17) is 14.2 Å². The van der Waals surface area contributed by atoms with Gasteiger partial charge >= 0.3 is 12.1 Å². The van der Waals surface area contributed by atoms with Crippen molar-refractivity contribution >= 4 is 12.1 Å². The molecule has 1 rings (SSSR count). The van der Waals surface area contributed by atoms with Gasteiger partial charge in [-0.1, -0.05) is 6.08 Å². The summed E-state index contributed by atoms with van der Waals surface area (Å²) in [6.45, 7) is 8.51. The Labute approximate surface area is 125 Å². The molecule has 0 unspecified atom stereocenters. The first-order valence-electron chi connectivity index (χ1n) is 7.21. The second-order valence-electron chi connectivity index (χ2n) is 5.98. The van der Waals surface area contributed by atoms with E-state index >= 15 is 0 Å². The predicted molar refractivity (Wildman–Crippen MR) is 77.9 cm³/mol. The predicted octanol–water partition coefficient (Wildman–Crippen LogP) is 2.18. The van der Waals surface area contributed by atoms with Gasteiger partial charge in [0, 0.05) is 19.3 Å².